The number of piperidine rings is 1. The highest BCUT2D eigenvalue weighted by molar-refractivity contribution is 5.29. The molecule has 1 saturated heterocycles. The number of hydrogen-bond donors (Lipinski definition) is 2. The number of rotatable bonds is 6. The van der Waals surface area contributed by atoms with Gasteiger partial charge in [0.2, 0.25) is 0 Å². The molecule has 0 radical (unpaired) electrons. The highest BCUT2D eigenvalue weighted by Crippen LogP contribution is 2.24. The molecule has 21 heavy (non-hydrogen) atoms. The first-order valence-corrected chi connectivity index (χ1v) is 7.85. The molecule has 0 aliphatic carbocycles. The van der Waals surface area contributed by atoms with E-state index >= 15 is 0 Å². The van der Waals surface area contributed by atoms with Crippen LogP contribution in [0.15, 0.2) is 24.3 Å². The zero-order valence-electron chi connectivity index (χ0n) is 13.4. The molecule has 2 N–H and O–H groups in total. The van der Waals surface area contributed by atoms with Crippen molar-refractivity contribution in [1.82, 2.24) is 10.2 Å². The van der Waals surface area contributed by atoms with E-state index in [0.717, 1.165) is 24.4 Å². The zero-order chi connectivity index (χ0) is 15.2. The van der Waals surface area contributed by atoms with Crippen molar-refractivity contribution in [1.29, 1.82) is 0 Å². The van der Waals surface area contributed by atoms with Gasteiger partial charge in [-0.3, -0.25) is 0 Å². The average Bonchev–Trinajstić information content (AvgIpc) is 2.54. The summed E-state index contributed by atoms with van der Waals surface area (Å²) >= 11 is 0. The quantitative estimate of drug-likeness (QED) is 0.842. The number of likely N-dealkylation sites (tertiary alicyclic amines) is 1. The minimum atomic E-state index is -0.455. The molecule has 1 aliphatic rings. The van der Waals surface area contributed by atoms with Crippen LogP contribution in [0, 0.1) is 5.92 Å². The normalized spacial score (nSPS) is 22.8. The van der Waals surface area contributed by atoms with Crippen LogP contribution < -0.4 is 10.1 Å². The molecule has 2 rings (SSSR count). The van der Waals surface area contributed by atoms with Crippen LogP contribution in [-0.4, -0.2) is 49.8 Å². The van der Waals surface area contributed by atoms with E-state index in [-0.39, 0.29) is 0 Å². The van der Waals surface area contributed by atoms with E-state index in [9.17, 15) is 5.11 Å². The van der Waals surface area contributed by atoms with Gasteiger partial charge in [0.15, 0.2) is 0 Å². The largest absolute Gasteiger partial charge is 0.497 e. The van der Waals surface area contributed by atoms with Gasteiger partial charge in [0.05, 0.1) is 13.2 Å². The molecule has 1 aliphatic heterocycles. The maximum absolute atomic E-state index is 10.5. The lowest BCUT2D eigenvalue weighted by Gasteiger charge is -2.36. The second-order valence-corrected chi connectivity index (χ2v) is 6.03. The molecule has 0 aromatic heterocycles. The van der Waals surface area contributed by atoms with Crippen molar-refractivity contribution in [2.45, 2.75) is 31.9 Å². The van der Waals surface area contributed by atoms with Crippen molar-refractivity contribution in [2.24, 2.45) is 5.92 Å². The highest BCUT2D eigenvalue weighted by Gasteiger charge is 2.25. The van der Waals surface area contributed by atoms with Crippen molar-refractivity contribution in [2.75, 3.05) is 33.8 Å². The number of β-amino-alcohol motifs (C(OH)–C–C–N with tert-alkyl or cyclic N) is 1. The summed E-state index contributed by atoms with van der Waals surface area (Å²) in [5.41, 5.74) is 0.929. The first kappa shape index (κ1) is 16.3. The van der Waals surface area contributed by atoms with Crippen LogP contribution in [-0.2, 0) is 0 Å². The second kappa shape index (κ2) is 7.78. The topological polar surface area (TPSA) is 44.7 Å². The van der Waals surface area contributed by atoms with Gasteiger partial charge in [-0.05, 0) is 57.0 Å². The van der Waals surface area contributed by atoms with Crippen molar-refractivity contribution in [3.63, 3.8) is 0 Å². The van der Waals surface area contributed by atoms with Gasteiger partial charge in [-0.25, -0.2) is 0 Å². The molecular formula is C17H28N2O2. The lowest BCUT2D eigenvalue weighted by molar-refractivity contribution is 0.0775. The molecule has 1 fully saturated rings. The minimum Gasteiger partial charge on any atom is -0.497 e. The maximum Gasteiger partial charge on any atom is 0.119 e. The molecule has 1 aromatic rings. The fraction of sp³-hybridized carbons (Fsp3) is 0.647. The molecule has 0 saturated carbocycles. The predicted molar refractivity (Wildman–Crippen MR) is 85.6 cm³/mol. The molecule has 0 spiro atoms. The van der Waals surface area contributed by atoms with E-state index in [4.69, 9.17) is 4.74 Å². The number of ether oxygens (including phenoxy) is 1. The molecule has 1 aromatic carbocycles. The fourth-order valence-electron chi connectivity index (χ4n) is 3.10. The van der Waals surface area contributed by atoms with Gasteiger partial charge >= 0.3 is 0 Å². The Morgan fingerprint density at radius 3 is 3.00 bits per heavy atom. The van der Waals surface area contributed by atoms with Crippen LogP contribution in [0.2, 0.25) is 0 Å². The second-order valence-electron chi connectivity index (χ2n) is 6.03. The molecule has 4 nitrogen and oxygen atoms in total. The Kier molecular flexibility index (Phi) is 6.03. The molecule has 4 heteroatoms. The van der Waals surface area contributed by atoms with Gasteiger partial charge in [-0.2, -0.15) is 0 Å². The van der Waals surface area contributed by atoms with Crippen LogP contribution in [0.3, 0.4) is 0 Å². The number of hydrogen-bond acceptors (Lipinski definition) is 4. The van der Waals surface area contributed by atoms with Crippen LogP contribution in [0.4, 0.5) is 0 Å². The summed E-state index contributed by atoms with van der Waals surface area (Å²) in [6.07, 6.45) is 2.03. The number of methoxy groups -OCH3 is 1. The van der Waals surface area contributed by atoms with E-state index in [0.29, 0.717) is 18.5 Å². The number of aliphatic hydroxyl groups excluding tert-OH is 1. The Labute approximate surface area is 128 Å². The van der Waals surface area contributed by atoms with Gasteiger partial charge < -0.3 is 20.1 Å². The van der Waals surface area contributed by atoms with E-state index in [1.54, 1.807) is 7.11 Å². The third-order valence-electron chi connectivity index (χ3n) is 4.61. The maximum atomic E-state index is 10.5. The van der Waals surface area contributed by atoms with Crippen LogP contribution in [0.1, 0.15) is 31.4 Å². The molecular weight excluding hydrogens is 264 g/mol. The number of nitrogens with zero attached hydrogens (tertiary/aromatic N) is 1. The number of nitrogens with one attached hydrogen (secondary N) is 1. The van der Waals surface area contributed by atoms with Gasteiger partial charge in [-0.1, -0.05) is 12.1 Å². The van der Waals surface area contributed by atoms with Crippen molar-refractivity contribution in [3.8, 4) is 5.75 Å². The predicted octanol–water partition coefficient (Wildman–Crippen LogP) is 2.05. The summed E-state index contributed by atoms with van der Waals surface area (Å²) in [6.45, 7) is 5.07. The lowest BCUT2D eigenvalue weighted by atomic mass is 9.91. The zero-order valence-corrected chi connectivity index (χ0v) is 13.4. The Hall–Kier alpha value is -1.10. The average molecular weight is 292 g/mol. The van der Waals surface area contributed by atoms with Crippen LogP contribution in [0.5, 0.6) is 5.75 Å². The molecule has 1 heterocycles. The van der Waals surface area contributed by atoms with Crippen LogP contribution >= 0.6 is 0 Å². The molecule has 0 bridgehead atoms. The Morgan fingerprint density at radius 2 is 2.29 bits per heavy atom. The number of aliphatic hydroxyl groups is 1. The first-order chi connectivity index (χ1) is 10.1. The summed E-state index contributed by atoms with van der Waals surface area (Å²) in [7, 11) is 3.68. The van der Waals surface area contributed by atoms with Gasteiger partial charge in [-0.15, -0.1) is 0 Å². The Bertz CT molecular complexity index is 439. The third-order valence-corrected chi connectivity index (χ3v) is 4.61. The SMILES string of the molecule is CNC(C)C1CCCN(CC(O)c2cccc(OC)c2)C1. The van der Waals surface area contributed by atoms with Crippen LogP contribution in [0.25, 0.3) is 0 Å². The van der Waals surface area contributed by atoms with Crippen molar-refractivity contribution in [3.05, 3.63) is 29.8 Å². The van der Waals surface area contributed by atoms with Gasteiger partial charge in [0, 0.05) is 19.1 Å². The summed E-state index contributed by atoms with van der Waals surface area (Å²) in [5, 5.41) is 13.8. The first-order valence-electron chi connectivity index (χ1n) is 7.85. The fourth-order valence-corrected chi connectivity index (χ4v) is 3.10. The molecule has 0 amide bonds. The summed E-state index contributed by atoms with van der Waals surface area (Å²) < 4.78 is 5.23. The summed E-state index contributed by atoms with van der Waals surface area (Å²) in [5.74, 6) is 1.47. The number of benzene rings is 1. The monoisotopic (exact) mass is 292 g/mol. The van der Waals surface area contributed by atoms with E-state index in [2.05, 4.69) is 17.1 Å². The summed E-state index contributed by atoms with van der Waals surface area (Å²) in [4.78, 5) is 2.38. The molecule has 3 unspecified atom stereocenters. The third kappa shape index (κ3) is 4.43. The van der Waals surface area contributed by atoms with Gasteiger partial charge in [0.25, 0.3) is 0 Å². The van der Waals surface area contributed by atoms with Gasteiger partial charge in [0.1, 0.15) is 5.75 Å². The Morgan fingerprint density at radius 1 is 1.48 bits per heavy atom. The smallest absolute Gasteiger partial charge is 0.119 e. The Balaban J connectivity index is 1.93. The standard InChI is InChI=1S/C17H28N2O2/c1-13(18-2)15-7-5-9-19(11-15)12-17(20)14-6-4-8-16(10-14)21-3/h4,6,8,10,13,15,17-18,20H,5,7,9,11-12H2,1-3H3. The van der Waals surface area contributed by atoms with Crippen molar-refractivity contribution >= 4 is 0 Å². The van der Waals surface area contributed by atoms with E-state index in [1.165, 1.54) is 12.8 Å². The molecule has 3 atom stereocenters. The highest BCUT2D eigenvalue weighted by atomic mass is 16.5. The minimum absolute atomic E-state index is 0.455. The molecule has 118 valence electrons. The van der Waals surface area contributed by atoms with Crippen molar-refractivity contribution < 1.29 is 9.84 Å². The van der Waals surface area contributed by atoms with E-state index < -0.39 is 6.10 Å². The summed E-state index contributed by atoms with van der Waals surface area (Å²) in [6, 6.07) is 8.25. The lowest BCUT2D eigenvalue weighted by Crippen LogP contribution is -2.44. The van der Waals surface area contributed by atoms with E-state index in [1.807, 2.05) is 31.3 Å².